The highest BCUT2D eigenvalue weighted by Gasteiger charge is 2.25. The zero-order valence-corrected chi connectivity index (χ0v) is 10.1. The van der Waals surface area contributed by atoms with Crippen LogP contribution in [-0.4, -0.2) is 20.7 Å². The highest BCUT2D eigenvalue weighted by atomic mass is 16.6. The molecule has 1 aromatic heterocycles. The van der Waals surface area contributed by atoms with Crippen LogP contribution in [0.15, 0.2) is 0 Å². The van der Waals surface area contributed by atoms with Gasteiger partial charge in [-0.25, -0.2) is 4.68 Å². The lowest BCUT2D eigenvalue weighted by Gasteiger charge is -2.12. The molecule has 1 heterocycles. The van der Waals surface area contributed by atoms with Gasteiger partial charge in [-0.1, -0.05) is 6.92 Å². The molecule has 6 nitrogen and oxygen atoms in total. The molecule has 90 valence electrons. The van der Waals surface area contributed by atoms with Gasteiger partial charge in [-0.15, -0.1) is 0 Å². The Labute approximate surface area is 94.8 Å². The molecule has 0 saturated heterocycles. The molecular formula is C10H18N4O2. The molecule has 0 amide bonds. The van der Waals surface area contributed by atoms with Crippen LogP contribution in [0.5, 0.6) is 0 Å². The van der Waals surface area contributed by atoms with Gasteiger partial charge in [0, 0.05) is 12.6 Å². The normalized spacial score (nSPS) is 12.5. The monoisotopic (exact) mass is 226 g/mol. The van der Waals surface area contributed by atoms with E-state index in [2.05, 4.69) is 10.4 Å². The topological polar surface area (TPSA) is 73.0 Å². The van der Waals surface area contributed by atoms with Crippen molar-refractivity contribution in [1.82, 2.24) is 9.78 Å². The second-order valence-corrected chi connectivity index (χ2v) is 3.81. The number of nitrogens with one attached hydrogen (secondary N) is 1. The quantitative estimate of drug-likeness (QED) is 0.617. The summed E-state index contributed by atoms with van der Waals surface area (Å²) in [6, 6.07) is 0.195. The summed E-state index contributed by atoms with van der Waals surface area (Å²) in [7, 11) is 0. The number of rotatable bonds is 5. The molecule has 6 heteroatoms. The molecular weight excluding hydrogens is 208 g/mol. The predicted octanol–water partition coefficient (Wildman–Crippen LogP) is 2.33. The third-order valence-electron chi connectivity index (χ3n) is 2.57. The molecule has 1 atom stereocenters. The van der Waals surface area contributed by atoms with E-state index in [4.69, 9.17) is 0 Å². The standard InChI is InChI=1S/C10H18N4O2/c1-5-7(3)11-10-9(14(15)16)8(4)12-13(10)6-2/h7,11H,5-6H2,1-4H3. The van der Waals surface area contributed by atoms with Crippen LogP contribution in [-0.2, 0) is 6.54 Å². The number of hydrogen-bond acceptors (Lipinski definition) is 4. The molecule has 0 saturated carbocycles. The van der Waals surface area contributed by atoms with Gasteiger partial charge in [0.1, 0.15) is 5.69 Å². The van der Waals surface area contributed by atoms with Crippen LogP contribution >= 0.6 is 0 Å². The van der Waals surface area contributed by atoms with Gasteiger partial charge in [-0.05, 0) is 27.2 Å². The van der Waals surface area contributed by atoms with Gasteiger partial charge >= 0.3 is 5.69 Å². The van der Waals surface area contributed by atoms with Gasteiger partial charge < -0.3 is 5.32 Å². The molecule has 0 bridgehead atoms. The lowest BCUT2D eigenvalue weighted by atomic mass is 10.2. The van der Waals surface area contributed by atoms with Gasteiger partial charge in [-0.2, -0.15) is 5.10 Å². The zero-order valence-electron chi connectivity index (χ0n) is 10.1. The molecule has 0 aliphatic rings. The molecule has 1 rings (SSSR count). The maximum Gasteiger partial charge on any atom is 0.333 e. The third kappa shape index (κ3) is 2.32. The third-order valence-corrected chi connectivity index (χ3v) is 2.57. The van der Waals surface area contributed by atoms with Crippen LogP contribution in [0.2, 0.25) is 0 Å². The Kier molecular flexibility index (Phi) is 3.87. The molecule has 1 N–H and O–H groups in total. The largest absolute Gasteiger partial charge is 0.362 e. The summed E-state index contributed by atoms with van der Waals surface area (Å²) in [4.78, 5) is 10.6. The van der Waals surface area contributed by atoms with Gasteiger partial charge in [0.15, 0.2) is 0 Å². The van der Waals surface area contributed by atoms with Crippen molar-refractivity contribution in [3.05, 3.63) is 15.8 Å². The Balaban J connectivity index is 3.16. The lowest BCUT2D eigenvalue weighted by Crippen LogP contribution is -2.17. The SMILES string of the molecule is CCC(C)Nc1c([N+](=O)[O-])c(C)nn1CC. The van der Waals surface area contributed by atoms with E-state index >= 15 is 0 Å². The van der Waals surface area contributed by atoms with Crippen molar-refractivity contribution < 1.29 is 4.92 Å². The molecule has 0 aliphatic heterocycles. The second-order valence-electron chi connectivity index (χ2n) is 3.81. The van der Waals surface area contributed by atoms with E-state index in [1.165, 1.54) is 0 Å². The van der Waals surface area contributed by atoms with E-state index in [0.717, 1.165) is 6.42 Å². The summed E-state index contributed by atoms with van der Waals surface area (Å²) in [5.41, 5.74) is 0.541. The number of hydrogen-bond donors (Lipinski definition) is 1. The zero-order chi connectivity index (χ0) is 12.3. The second kappa shape index (κ2) is 4.96. The Morgan fingerprint density at radius 2 is 2.19 bits per heavy atom. The number of aryl methyl sites for hydroxylation is 2. The molecule has 0 spiro atoms. The van der Waals surface area contributed by atoms with Crippen LogP contribution in [0, 0.1) is 17.0 Å². The Bertz CT molecular complexity index is 386. The van der Waals surface area contributed by atoms with Crippen molar-refractivity contribution in [2.45, 2.75) is 46.7 Å². The van der Waals surface area contributed by atoms with Gasteiger partial charge in [-0.3, -0.25) is 10.1 Å². The van der Waals surface area contributed by atoms with Gasteiger partial charge in [0.25, 0.3) is 0 Å². The first-order valence-corrected chi connectivity index (χ1v) is 5.49. The first-order chi connectivity index (χ1) is 7.51. The number of nitro groups is 1. The Hall–Kier alpha value is -1.59. The van der Waals surface area contributed by atoms with Crippen molar-refractivity contribution in [1.29, 1.82) is 0 Å². The van der Waals surface area contributed by atoms with E-state index in [1.807, 2.05) is 20.8 Å². The minimum absolute atomic E-state index is 0.0853. The van der Waals surface area contributed by atoms with Gasteiger partial charge in [0.2, 0.25) is 5.82 Å². The fraction of sp³-hybridized carbons (Fsp3) is 0.700. The van der Waals surface area contributed by atoms with E-state index < -0.39 is 0 Å². The van der Waals surface area contributed by atoms with E-state index in [-0.39, 0.29) is 16.7 Å². The summed E-state index contributed by atoms with van der Waals surface area (Å²) in [5, 5.41) is 18.2. The predicted molar refractivity (Wildman–Crippen MR) is 62.7 cm³/mol. The Morgan fingerprint density at radius 1 is 1.56 bits per heavy atom. The number of anilines is 1. The maximum atomic E-state index is 11.0. The molecule has 0 radical (unpaired) electrons. The fourth-order valence-electron chi connectivity index (χ4n) is 1.50. The summed E-state index contributed by atoms with van der Waals surface area (Å²) in [6.45, 7) is 8.21. The average Bonchev–Trinajstić information content (AvgIpc) is 2.54. The fourth-order valence-corrected chi connectivity index (χ4v) is 1.50. The van der Waals surface area contributed by atoms with Crippen molar-refractivity contribution in [3.63, 3.8) is 0 Å². The molecule has 0 aromatic carbocycles. The van der Waals surface area contributed by atoms with Crippen LogP contribution in [0.1, 0.15) is 32.9 Å². The van der Waals surface area contributed by atoms with E-state index in [0.29, 0.717) is 18.1 Å². The van der Waals surface area contributed by atoms with E-state index in [9.17, 15) is 10.1 Å². The van der Waals surface area contributed by atoms with Crippen molar-refractivity contribution in [3.8, 4) is 0 Å². The summed E-state index contributed by atoms with van der Waals surface area (Å²) < 4.78 is 1.64. The maximum absolute atomic E-state index is 11.0. The first-order valence-electron chi connectivity index (χ1n) is 5.49. The lowest BCUT2D eigenvalue weighted by molar-refractivity contribution is -0.384. The molecule has 1 unspecified atom stereocenters. The van der Waals surface area contributed by atoms with Crippen LogP contribution in [0.4, 0.5) is 11.5 Å². The minimum Gasteiger partial charge on any atom is -0.362 e. The first kappa shape index (κ1) is 12.5. The van der Waals surface area contributed by atoms with Gasteiger partial charge in [0.05, 0.1) is 4.92 Å². The Morgan fingerprint density at radius 3 is 2.62 bits per heavy atom. The van der Waals surface area contributed by atoms with E-state index in [1.54, 1.807) is 11.6 Å². The summed E-state index contributed by atoms with van der Waals surface area (Å²) >= 11 is 0. The summed E-state index contributed by atoms with van der Waals surface area (Å²) in [5.74, 6) is 0.513. The van der Waals surface area contributed by atoms with Crippen LogP contribution in [0.3, 0.4) is 0 Å². The molecule has 1 aromatic rings. The van der Waals surface area contributed by atoms with Crippen LogP contribution < -0.4 is 5.32 Å². The van der Waals surface area contributed by atoms with Crippen LogP contribution in [0.25, 0.3) is 0 Å². The molecule has 0 fully saturated rings. The van der Waals surface area contributed by atoms with Crippen molar-refractivity contribution >= 4 is 11.5 Å². The molecule has 16 heavy (non-hydrogen) atoms. The molecule has 0 aliphatic carbocycles. The highest BCUT2D eigenvalue weighted by Crippen LogP contribution is 2.28. The number of aromatic nitrogens is 2. The smallest absolute Gasteiger partial charge is 0.333 e. The van der Waals surface area contributed by atoms with Crippen molar-refractivity contribution in [2.75, 3.05) is 5.32 Å². The summed E-state index contributed by atoms with van der Waals surface area (Å²) in [6.07, 6.45) is 0.908. The minimum atomic E-state index is -0.376. The number of nitrogens with zero attached hydrogens (tertiary/aromatic N) is 3. The highest BCUT2D eigenvalue weighted by molar-refractivity contribution is 5.59. The average molecular weight is 226 g/mol. The van der Waals surface area contributed by atoms with Crippen molar-refractivity contribution in [2.24, 2.45) is 0 Å².